The van der Waals surface area contributed by atoms with Gasteiger partial charge in [-0.25, -0.2) is 0 Å². The Balaban J connectivity index is 3.17. The van der Waals surface area contributed by atoms with Crippen molar-refractivity contribution in [3.05, 3.63) is 29.3 Å². The largest absolute Gasteiger partial charge is 0.359 e. The van der Waals surface area contributed by atoms with E-state index >= 15 is 0 Å². The Labute approximate surface area is 84.3 Å². The highest BCUT2D eigenvalue weighted by Gasteiger charge is 2.23. The average molecular weight is 214 g/mol. The third kappa shape index (κ3) is 2.44. The van der Waals surface area contributed by atoms with Crippen molar-refractivity contribution in [1.82, 2.24) is 0 Å². The Morgan fingerprint density at radius 2 is 2.07 bits per heavy atom. The van der Waals surface area contributed by atoms with Gasteiger partial charge in [0.1, 0.15) is 0 Å². The molecule has 1 atom stereocenters. The summed E-state index contributed by atoms with van der Waals surface area (Å²) in [5, 5.41) is 0.402. The molecule has 0 aliphatic rings. The third-order valence-corrected chi connectivity index (χ3v) is 3.67. The molecular formula is C10H15O3P. The molecule has 0 bridgehead atoms. The van der Waals surface area contributed by atoms with Crippen molar-refractivity contribution in [2.75, 3.05) is 6.61 Å². The Morgan fingerprint density at radius 3 is 2.64 bits per heavy atom. The zero-order chi connectivity index (χ0) is 10.8. The van der Waals surface area contributed by atoms with Crippen LogP contribution in [0.1, 0.15) is 18.1 Å². The van der Waals surface area contributed by atoms with E-state index in [9.17, 15) is 9.46 Å². The standard InChI is InChI=1S/C10H15O3P/c1-4-13-14(11,12)10-7-8(2)5-6-9(10)3/h5-7H,4H2,1-3H3,(H,11,12). The summed E-state index contributed by atoms with van der Waals surface area (Å²) in [6.45, 7) is 5.63. The highest BCUT2D eigenvalue weighted by Crippen LogP contribution is 2.41. The first-order valence-electron chi connectivity index (χ1n) is 4.52. The second-order valence-electron chi connectivity index (χ2n) is 3.23. The number of hydrogen-bond acceptors (Lipinski definition) is 2. The van der Waals surface area contributed by atoms with Crippen molar-refractivity contribution in [1.29, 1.82) is 0 Å². The van der Waals surface area contributed by atoms with Crippen molar-refractivity contribution in [2.24, 2.45) is 0 Å². The lowest BCUT2D eigenvalue weighted by molar-refractivity contribution is 0.284. The van der Waals surface area contributed by atoms with Crippen LogP contribution in [0, 0.1) is 13.8 Å². The molecule has 0 aliphatic heterocycles. The molecule has 0 heterocycles. The molecule has 0 saturated heterocycles. The summed E-state index contributed by atoms with van der Waals surface area (Å²) in [5.74, 6) is 0. The van der Waals surface area contributed by atoms with Gasteiger partial charge in [-0.15, -0.1) is 0 Å². The van der Waals surface area contributed by atoms with E-state index in [1.165, 1.54) is 0 Å². The van der Waals surface area contributed by atoms with Crippen LogP contribution >= 0.6 is 7.60 Å². The monoisotopic (exact) mass is 214 g/mol. The Kier molecular flexibility index (Phi) is 3.48. The molecule has 0 fully saturated rings. The molecule has 0 saturated carbocycles. The lowest BCUT2D eigenvalue weighted by Crippen LogP contribution is -2.11. The van der Waals surface area contributed by atoms with Crippen LogP contribution in [0.25, 0.3) is 0 Å². The van der Waals surface area contributed by atoms with Gasteiger partial charge in [0.25, 0.3) is 0 Å². The molecule has 78 valence electrons. The fourth-order valence-electron chi connectivity index (χ4n) is 1.27. The van der Waals surface area contributed by atoms with E-state index in [1.807, 2.05) is 19.1 Å². The van der Waals surface area contributed by atoms with Crippen LogP contribution in [0.15, 0.2) is 18.2 Å². The summed E-state index contributed by atoms with van der Waals surface area (Å²) in [6.07, 6.45) is 0. The topological polar surface area (TPSA) is 46.5 Å². The Morgan fingerprint density at radius 1 is 1.43 bits per heavy atom. The van der Waals surface area contributed by atoms with Gasteiger partial charge in [0.15, 0.2) is 0 Å². The molecule has 4 heteroatoms. The van der Waals surface area contributed by atoms with E-state index in [0.717, 1.165) is 11.1 Å². The summed E-state index contributed by atoms with van der Waals surface area (Å²) in [7, 11) is -3.61. The maximum absolute atomic E-state index is 11.7. The first-order valence-corrected chi connectivity index (χ1v) is 6.10. The minimum absolute atomic E-state index is 0.237. The van der Waals surface area contributed by atoms with Crippen LogP contribution in [-0.2, 0) is 9.09 Å². The van der Waals surface area contributed by atoms with Crippen molar-refractivity contribution in [3.8, 4) is 0 Å². The molecule has 0 spiro atoms. The van der Waals surface area contributed by atoms with E-state index in [0.29, 0.717) is 5.30 Å². The zero-order valence-electron chi connectivity index (χ0n) is 8.65. The first kappa shape index (κ1) is 11.4. The number of benzene rings is 1. The normalized spacial score (nSPS) is 15.1. The second kappa shape index (κ2) is 4.26. The van der Waals surface area contributed by atoms with Gasteiger partial charge in [-0.1, -0.05) is 17.7 Å². The summed E-state index contributed by atoms with van der Waals surface area (Å²) in [5.41, 5.74) is 1.74. The van der Waals surface area contributed by atoms with Crippen molar-refractivity contribution >= 4 is 12.9 Å². The minimum Gasteiger partial charge on any atom is -0.321 e. The molecule has 14 heavy (non-hydrogen) atoms. The van der Waals surface area contributed by atoms with E-state index in [2.05, 4.69) is 0 Å². The van der Waals surface area contributed by atoms with Crippen molar-refractivity contribution in [3.63, 3.8) is 0 Å². The van der Waals surface area contributed by atoms with Crippen LogP contribution in [0.3, 0.4) is 0 Å². The van der Waals surface area contributed by atoms with Gasteiger partial charge in [0, 0.05) is 0 Å². The minimum atomic E-state index is -3.61. The van der Waals surface area contributed by atoms with Crippen LogP contribution in [0.4, 0.5) is 0 Å². The zero-order valence-corrected chi connectivity index (χ0v) is 9.54. The molecule has 1 unspecified atom stereocenters. The maximum Gasteiger partial charge on any atom is 0.359 e. The fraction of sp³-hybridized carbons (Fsp3) is 0.400. The van der Waals surface area contributed by atoms with Crippen molar-refractivity contribution in [2.45, 2.75) is 20.8 Å². The average Bonchev–Trinajstić information content (AvgIpc) is 2.09. The predicted octanol–water partition coefficient (Wildman–Crippen LogP) is 2.15. The lowest BCUT2D eigenvalue weighted by atomic mass is 10.2. The van der Waals surface area contributed by atoms with Crippen molar-refractivity contribution < 1.29 is 14.0 Å². The number of hydrogen-bond donors (Lipinski definition) is 1. The number of aryl methyl sites for hydroxylation is 2. The molecule has 0 aromatic heterocycles. The summed E-state index contributed by atoms with van der Waals surface area (Å²) >= 11 is 0. The Hall–Kier alpha value is -0.630. The molecule has 0 radical (unpaired) electrons. The summed E-state index contributed by atoms with van der Waals surface area (Å²) in [6, 6.07) is 5.43. The fourth-order valence-corrected chi connectivity index (χ4v) is 2.64. The molecule has 3 nitrogen and oxygen atoms in total. The number of rotatable bonds is 3. The molecule has 1 aromatic rings. The van der Waals surface area contributed by atoms with E-state index in [-0.39, 0.29) is 6.61 Å². The second-order valence-corrected chi connectivity index (χ2v) is 5.01. The van der Waals surface area contributed by atoms with Crippen LogP contribution in [0.5, 0.6) is 0 Å². The van der Waals surface area contributed by atoms with Gasteiger partial charge in [-0.2, -0.15) is 0 Å². The predicted molar refractivity (Wildman–Crippen MR) is 57.0 cm³/mol. The quantitative estimate of drug-likeness (QED) is 0.784. The van der Waals surface area contributed by atoms with Gasteiger partial charge in [0.2, 0.25) is 0 Å². The van der Waals surface area contributed by atoms with Gasteiger partial charge in [-0.05, 0) is 32.4 Å². The molecule has 1 aromatic carbocycles. The van der Waals surface area contributed by atoms with Crippen LogP contribution in [-0.4, -0.2) is 11.5 Å². The molecule has 0 amide bonds. The third-order valence-electron chi connectivity index (χ3n) is 1.97. The molecule has 1 rings (SSSR count). The highest BCUT2D eigenvalue weighted by molar-refractivity contribution is 7.61. The van der Waals surface area contributed by atoms with Gasteiger partial charge < -0.3 is 9.42 Å². The van der Waals surface area contributed by atoms with Gasteiger partial charge in [0.05, 0.1) is 11.9 Å². The highest BCUT2D eigenvalue weighted by atomic mass is 31.2. The van der Waals surface area contributed by atoms with Crippen LogP contribution < -0.4 is 5.30 Å². The molecule has 1 N–H and O–H groups in total. The first-order chi connectivity index (χ1) is 6.47. The van der Waals surface area contributed by atoms with E-state index < -0.39 is 7.60 Å². The molecule has 0 aliphatic carbocycles. The summed E-state index contributed by atoms with van der Waals surface area (Å²) in [4.78, 5) is 9.62. The summed E-state index contributed by atoms with van der Waals surface area (Å²) < 4.78 is 16.6. The lowest BCUT2D eigenvalue weighted by Gasteiger charge is -2.13. The van der Waals surface area contributed by atoms with Gasteiger partial charge in [-0.3, -0.25) is 4.57 Å². The van der Waals surface area contributed by atoms with Crippen LogP contribution in [0.2, 0.25) is 0 Å². The molecular weight excluding hydrogens is 199 g/mol. The van der Waals surface area contributed by atoms with E-state index in [1.54, 1.807) is 19.9 Å². The SMILES string of the molecule is CCOP(=O)(O)c1cc(C)ccc1C. The van der Waals surface area contributed by atoms with E-state index in [4.69, 9.17) is 4.52 Å². The van der Waals surface area contributed by atoms with Gasteiger partial charge >= 0.3 is 7.60 Å². The maximum atomic E-state index is 11.7. The Bertz CT molecular complexity index is 374. The smallest absolute Gasteiger partial charge is 0.321 e.